The molecule has 2 N–H and O–H groups in total. The highest BCUT2D eigenvalue weighted by molar-refractivity contribution is 7.11. The van der Waals surface area contributed by atoms with Crippen molar-refractivity contribution in [1.29, 1.82) is 0 Å². The van der Waals surface area contributed by atoms with Crippen LogP contribution in [0.25, 0.3) is 0 Å². The van der Waals surface area contributed by atoms with Crippen LogP contribution in [-0.2, 0) is 19.5 Å². The second-order valence-electron chi connectivity index (χ2n) is 4.24. The summed E-state index contributed by atoms with van der Waals surface area (Å²) in [5, 5.41) is 10.7. The fourth-order valence-electron chi connectivity index (χ4n) is 1.62. The highest BCUT2D eigenvalue weighted by Gasteiger charge is 2.04. The highest BCUT2D eigenvalue weighted by Crippen LogP contribution is 2.12. The van der Waals surface area contributed by atoms with Crippen LogP contribution in [0.3, 0.4) is 0 Å². The normalized spacial score (nSPS) is 11.7. The highest BCUT2D eigenvalue weighted by atomic mass is 32.1. The molecule has 2 aromatic rings. The molecule has 2 heterocycles. The maximum Gasteiger partial charge on any atom is 0.191 e. The van der Waals surface area contributed by atoms with E-state index in [4.69, 9.17) is 0 Å². The van der Waals surface area contributed by atoms with E-state index >= 15 is 0 Å². The summed E-state index contributed by atoms with van der Waals surface area (Å²) < 4.78 is 0. The van der Waals surface area contributed by atoms with Crippen molar-refractivity contribution in [3.8, 4) is 0 Å². The minimum Gasteiger partial charge on any atom is -0.350 e. The zero-order valence-electron chi connectivity index (χ0n) is 11.9. The molecule has 0 radical (unpaired) electrons. The Bertz CT molecular complexity index is 573. The standard InChI is InChI=1S/C13H19N5S2/c1-4-10-5-15-11(20-10)6-16-13(14-3)17-7-12-18-9(2)8-19-12/h5,8H,4,6-7H2,1-3H3,(H2,14,16,17). The third-order valence-corrected chi connectivity index (χ3v) is 4.76. The van der Waals surface area contributed by atoms with Crippen LogP contribution >= 0.6 is 22.7 Å². The maximum atomic E-state index is 4.41. The number of aliphatic imine (C=N–C) groups is 1. The Labute approximate surface area is 127 Å². The van der Waals surface area contributed by atoms with E-state index in [1.807, 2.05) is 13.1 Å². The van der Waals surface area contributed by atoms with Crippen molar-refractivity contribution in [2.75, 3.05) is 7.05 Å². The van der Waals surface area contributed by atoms with Crippen LogP contribution < -0.4 is 10.6 Å². The smallest absolute Gasteiger partial charge is 0.191 e. The van der Waals surface area contributed by atoms with Gasteiger partial charge in [0.05, 0.1) is 13.1 Å². The third-order valence-electron chi connectivity index (χ3n) is 2.65. The number of guanidine groups is 1. The lowest BCUT2D eigenvalue weighted by Gasteiger charge is -2.09. The lowest BCUT2D eigenvalue weighted by molar-refractivity contribution is 0.800. The quantitative estimate of drug-likeness (QED) is 0.657. The molecule has 20 heavy (non-hydrogen) atoms. The van der Waals surface area contributed by atoms with Crippen molar-refractivity contribution < 1.29 is 0 Å². The molecule has 0 amide bonds. The van der Waals surface area contributed by atoms with Crippen molar-refractivity contribution in [3.05, 3.63) is 32.2 Å². The third kappa shape index (κ3) is 4.28. The Morgan fingerprint density at radius 2 is 2.05 bits per heavy atom. The van der Waals surface area contributed by atoms with E-state index in [0.29, 0.717) is 13.1 Å². The summed E-state index contributed by atoms with van der Waals surface area (Å²) in [6.07, 6.45) is 2.98. The SMILES string of the molecule is CCc1cnc(CNC(=NC)NCc2nc(C)cs2)s1. The fraction of sp³-hybridized carbons (Fsp3) is 0.462. The lowest BCUT2D eigenvalue weighted by Crippen LogP contribution is -2.36. The molecule has 108 valence electrons. The molecule has 0 fully saturated rings. The summed E-state index contributed by atoms with van der Waals surface area (Å²) in [6.45, 7) is 5.53. The van der Waals surface area contributed by atoms with Gasteiger partial charge in [-0.25, -0.2) is 9.97 Å². The number of thiazole rings is 2. The second-order valence-corrected chi connectivity index (χ2v) is 6.38. The molecule has 0 aliphatic rings. The van der Waals surface area contributed by atoms with Crippen LogP contribution in [-0.4, -0.2) is 23.0 Å². The molecule has 5 nitrogen and oxygen atoms in total. The number of aryl methyl sites for hydroxylation is 2. The topological polar surface area (TPSA) is 62.2 Å². The van der Waals surface area contributed by atoms with Gasteiger partial charge in [0.15, 0.2) is 5.96 Å². The van der Waals surface area contributed by atoms with Crippen LogP contribution in [0.5, 0.6) is 0 Å². The predicted molar refractivity (Wildman–Crippen MR) is 85.4 cm³/mol. The molecule has 0 saturated heterocycles. The number of nitrogens with zero attached hydrogens (tertiary/aromatic N) is 3. The maximum absolute atomic E-state index is 4.41. The van der Waals surface area contributed by atoms with Crippen molar-refractivity contribution in [1.82, 2.24) is 20.6 Å². The molecular formula is C13H19N5S2. The van der Waals surface area contributed by atoms with E-state index in [1.54, 1.807) is 29.7 Å². The molecule has 0 saturated carbocycles. The molecule has 0 bridgehead atoms. The number of aromatic nitrogens is 2. The first kappa shape index (κ1) is 14.9. The first-order valence-corrected chi connectivity index (χ1v) is 8.20. The van der Waals surface area contributed by atoms with Gasteiger partial charge in [0.2, 0.25) is 0 Å². The fourth-order valence-corrected chi connectivity index (χ4v) is 3.13. The zero-order chi connectivity index (χ0) is 14.4. The Balaban J connectivity index is 1.80. The molecule has 7 heteroatoms. The van der Waals surface area contributed by atoms with E-state index in [2.05, 4.69) is 37.9 Å². The largest absolute Gasteiger partial charge is 0.350 e. The van der Waals surface area contributed by atoms with Crippen LogP contribution in [0.1, 0.15) is 27.5 Å². The van der Waals surface area contributed by atoms with Gasteiger partial charge >= 0.3 is 0 Å². The van der Waals surface area contributed by atoms with Gasteiger partial charge in [-0.05, 0) is 13.3 Å². The Morgan fingerprint density at radius 1 is 1.30 bits per heavy atom. The van der Waals surface area contributed by atoms with Crippen LogP contribution in [0.2, 0.25) is 0 Å². The first-order chi connectivity index (χ1) is 9.71. The lowest BCUT2D eigenvalue weighted by atomic mass is 10.4. The van der Waals surface area contributed by atoms with Crippen molar-refractivity contribution in [2.24, 2.45) is 4.99 Å². The Hall–Kier alpha value is -1.47. The van der Waals surface area contributed by atoms with Gasteiger partial charge in [0.1, 0.15) is 10.0 Å². The van der Waals surface area contributed by atoms with Gasteiger partial charge < -0.3 is 10.6 Å². The average molecular weight is 309 g/mol. The molecule has 0 spiro atoms. The second kappa shape index (κ2) is 7.35. The van der Waals surface area contributed by atoms with Crippen molar-refractivity contribution in [3.63, 3.8) is 0 Å². The van der Waals surface area contributed by atoms with E-state index in [-0.39, 0.29) is 0 Å². The summed E-state index contributed by atoms with van der Waals surface area (Å²) in [5.74, 6) is 0.770. The summed E-state index contributed by atoms with van der Waals surface area (Å²) in [4.78, 5) is 14.3. The molecule has 2 rings (SSSR count). The van der Waals surface area contributed by atoms with Crippen LogP contribution in [0, 0.1) is 6.92 Å². The van der Waals surface area contributed by atoms with Crippen LogP contribution in [0.4, 0.5) is 0 Å². The summed E-state index contributed by atoms with van der Waals surface area (Å²) in [7, 11) is 1.77. The number of hydrogen-bond acceptors (Lipinski definition) is 5. The summed E-state index contributed by atoms with van der Waals surface area (Å²) >= 11 is 3.39. The molecule has 0 aliphatic heterocycles. The predicted octanol–water partition coefficient (Wildman–Crippen LogP) is 2.34. The van der Waals surface area contributed by atoms with Gasteiger partial charge in [-0.2, -0.15) is 0 Å². The van der Waals surface area contributed by atoms with E-state index in [1.165, 1.54) is 4.88 Å². The van der Waals surface area contributed by atoms with Crippen LogP contribution in [0.15, 0.2) is 16.6 Å². The molecule has 2 aromatic heterocycles. The van der Waals surface area contributed by atoms with Gasteiger partial charge in [-0.3, -0.25) is 4.99 Å². The molecular weight excluding hydrogens is 290 g/mol. The minimum atomic E-state index is 0.691. The number of rotatable bonds is 5. The van der Waals surface area contributed by atoms with E-state index in [9.17, 15) is 0 Å². The minimum absolute atomic E-state index is 0.691. The van der Waals surface area contributed by atoms with Gasteiger partial charge in [-0.15, -0.1) is 22.7 Å². The molecule has 0 atom stereocenters. The molecule has 0 aromatic carbocycles. The van der Waals surface area contributed by atoms with Gasteiger partial charge in [0.25, 0.3) is 0 Å². The van der Waals surface area contributed by atoms with Crippen molar-refractivity contribution in [2.45, 2.75) is 33.4 Å². The number of nitrogens with one attached hydrogen (secondary N) is 2. The number of hydrogen-bond donors (Lipinski definition) is 2. The van der Waals surface area contributed by atoms with E-state index < -0.39 is 0 Å². The Kier molecular flexibility index (Phi) is 5.49. The first-order valence-electron chi connectivity index (χ1n) is 6.50. The molecule has 0 unspecified atom stereocenters. The Morgan fingerprint density at radius 3 is 2.60 bits per heavy atom. The average Bonchev–Trinajstić information content (AvgIpc) is 3.08. The van der Waals surface area contributed by atoms with Crippen molar-refractivity contribution >= 4 is 28.6 Å². The van der Waals surface area contributed by atoms with E-state index in [0.717, 1.165) is 28.1 Å². The molecule has 0 aliphatic carbocycles. The summed E-state index contributed by atoms with van der Waals surface area (Å²) in [5.41, 5.74) is 1.06. The summed E-state index contributed by atoms with van der Waals surface area (Å²) in [6, 6.07) is 0. The zero-order valence-corrected chi connectivity index (χ0v) is 13.6. The van der Waals surface area contributed by atoms with Gasteiger partial charge in [0, 0.05) is 29.2 Å². The van der Waals surface area contributed by atoms with Gasteiger partial charge in [-0.1, -0.05) is 6.92 Å². The monoisotopic (exact) mass is 309 g/mol.